The second-order valence-corrected chi connectivity index (χ2v) is 11.9. The van der Waals surface area contributed by atoms with Crippen LogP contribution in [0, 0.1) is 11.2 Å². The second-order valence-electron chi connectivity index (χ2n) is 11.9. The maximum Gasteiger partial charge on any atom is 0.224 e. The number of rotatable bonds is 12. The number of ether oxygens (including phenoxy) is 2. The van der Waals surface area contributed by atoms with Crippen molar-refractivity contribution in [2.45, 2.75) is 26.1 Å². The Bertz CT molecular complexity index is 1550. The van der Waals surface area contributed by atoms with E-state index in [4.69, 9.17) is 19.4 Å². The molecule has 2 aromatic carbocycles. The van der Waals surface area contributed by atoms with Crippen molar-refractivity contribution in [1.82, 2.24) is 35.5 Å². The van der Waals surface area contributed by atoms with Crippen LogP contribution in [0.4, 0.5) is 10.3 Å². The van der Waals surface area contributed by atoms with Gasteiger partial charge in [-0.3, -0.25) is 9.69 Å². The van der Waals surface area contributed by atoms with Crippen molar-refractivity contribution in [2.75, 3.05) is 57.9 Å². The summed E-state index contributed by atoms with van der Waals surface area (Å²) >= 11 is 0. The van der Waals surface area contributed by atoms with Crippen LogP contribution in [0.5, 0.6) is 0 Å². The molecule has 0 unspecified atom stereocenters. The third kappa shape index (κ3) is 8.08. The normalized spacial score (nSPS) is 20.3. The third-order valence-electron chi connectivity index (χ3n) is 7.94. The number of hydrogen-bond acceptors (Lipinski definition) is 9. The van der Waals surface area contributed by atoms with Crippen molar-refractivity contribution in [2.24, 2.45) is 5.41 Å². The van der Waals surface area contributed by atoms with E-state index in [0.29, 0.717) is 55.0 Å². The van der Waals surface area contributed by atoms with E-state index in [1.807, 2.05) is 43.3 Å². The molecule has 2 aliphatic rings. The third-order valence-corrected chi connectivity index (χ3v) is 7.94. The molecule has 2 aliphatic heterocycles. The number of carbonyl (C=O) groups excluding carboxylic acids is 1. The van der Waals surface area contributed by atoms with Gasteiger partial charge < -0.3 is 30.4 Å². The van der Waals surface area contributed by atoms with Crippen LogP contribution in [0.15, 0.2) is 66.9 Å². The zero-order valence-electron chi connectivity index (χ0n) is 25.4. The van der Waals surface area contributed by atoms with E-state index in [-0.39, 0.29) is 11.7 Å². The fourth-order valence-electron chi connectivity index (χ4n) is 5.39. The van der Waals surface area contributed by atoms with Crippen molar-refractivity contribution in [1.29, 1.82) is 0 Å². The van der Waals surface area contributed by atoms with E-state index in [9.17, 15) is 9.18 Å². The van der Waals surface area contributed by atoms with Crippen molar-refractivity contribution >= 4 is 11.9 Å². The topological polar surface area (TPSA) is 129 Å². The minimum absolute atomic E-state index is 0.0493. The van der Waals surface area contributed by atoms with Gasteiger partial charge in [0, 0.05) is 56.6 Å². The lowest BCUT2D eigenvalue weighted by Gasteiger charge is -2.36. The first kappa shape index (κ1) is 30.8. The van der Waals surface area contributed by atoms with Crippen LogP contribution in [-0.4, -0.2) is 83.3 Å². The quantitative estimate of drug-likeness (QED) is 0.176. The fourth-order valence-corrected chi connectivity index (χ4v) is 5.39. The largest absolute Gasteiger partial charge is 0.355 e. The summed E-state index contributed by atoms with van der Waals surface area (Å²) in [5.74, 6) is 0.616. The fraction of sp³-hybridized carbons (Fsp3) is 0.394. The zero-order valence-corrected chi connectivity index (χ0v) is 25.4. The van der Waals surface area contributed by atoms with E-state index < -0.39 is 11.7 Å². The van der Waals surface area contributed by atoms with E-state index in [2.05, 4.69) is 30.8 Å². The Labute approximate surface area is 262 Å². The lowest BCUT2D eigenvalue weighted by molar-refractivity contribution is -0.232. The summed E-state index contributed by atoms with van der Waals surface area (Å²) in [6, 6.07) is 17.6. The zero-order chi connectivity index (χ0) is 31.1. The molecule has 0 aliphatic carbocycles. The van der Waals surface area contributed by atoms with Crippen LogP contribution < -0.4 is 16.0 Å². The number of nitrogens with one attached hydrogen (secondary N) is 4. The highest BCUT2D eigenvalue weighted by Gasteiger charge is 2.35. The lowest BCUT2D eigenvalue weighted by Crippen LogP contribution is -2.45. The molecular formula is C33H39FN8O3. The summed E-state index contributed by atoms with van der Waals surface area (Å²) in [5.41, 5.74) is 3.17. The summed E-state index contributed by atoms with van der Waals surface area (Å²) < 4.78 is 26.1. The lowest BCUT2D eigenvalue weighted by atomic mass is 9.92. The van der Waals surface area contributed by atoms with Crippen molar-refractivity contribution in [3.05, 3.63) is 84.1 Å². The van der Waals surface area contributed by atoms with Gasteiger partial charge in [0.2, 0.25) is 18.1 Å². The standard InChI is InChI=1S/C33H39FN8O3/c1-33(19-38-27(43)18-23-6-3-2-4-7-23)20-44-31(45-21-33)30-40-28(24-8-10-25(34)11-9-24)29(41-30)26-12-14-37-32(39-26)36-13-5-16-42-17-15-35-22-42/h2-4,6-12,14,31,35H,5,13,15-22H2,1H3,(H,38,43)(H,40,41)(H,36,37,39). The number of aromatic nitrogens is 4. The first-order chi connectivity index (χ1) is 21.9. The van der Waals surface area contributed by atoms with Gasteiger partial charge in [-0.2, -0.15) is 0 Å². The molecule has 0 bridgehead atoms. The highest BCUT2D eigenvalue weighted by molar-refractivity contribution is 5.78. The molecule has 4 aromatic rings. The number of amides is 1. The maximum atomic E-state index is 13.8. The average Bonchev–Trinajstić information content (AvgIpc) is 3.75. The molecule has 12 heteroatoms. The monoisotopic (exact) mass is 614 g/mol. The summed E-state index contributed by atoms with van der Waals surface area (Å²) in [5, 5.41) is 9.68. The van der Waals surface area contributed by atoms with Gasteiger partial charge in [-0.25, -0.2) is 19.3 Å². The number of benzene rings is 2. The smallest absolute Gasteiger partial charge is 0.224 e. The molecule has 0 saturated carbocycles. The molecule has 6 rings (SSSR count). The van der Waals surface area contributed by atoms with E-state index in [1.165, 1.54) is 12.1 Å². The number of carbonyl (C=O) groups is 1. The molecule has 2 aromatic heterocycles. The predicted molar refractivity (Wildman–Crippen MR) is 168 cm³/mol. The Kier molecular flexibility index (Phi) is 9.75. The number of anilines is 1. The van der Waals surface area contributed by atoms with Gasteiger partial charge in [0.15, 0.2) is 5.82 Å². The van der Waals surface area contributed by atoms with Gasteiger partial charge in [-0.05, 0) is 42.3 Å². The first-order valence-electron chi connectivity index (χ1n) is 15.3. The Balaban J connectivity index is 1.12. The van der Waals surface area contributed by atoms with Gasteiger partial charge >= 0.3 is 0 Å². The molecule has 11 nitrogen and oxygen atoms in total. The van der Waals surface area contributed by atoms with Crippen LogP contribution in [0.2, 0.25) is 0 Å². The second kappa shape index (κ2) is 14.2. The Morgan fingerprint density at radius 2 is 1.89 bits per heavy atom. The van der Waals surface area contributed by atoms with Crippen LogP contribution in [0.1, 0.15) is 31.0 Å². The first-order valence-corrected chi connectivity index (χ1v) is 15.3. The summed E-state index contributed by atoms with van der Waals surface area (Å²) in [6.07, 6.45) is 2.25. The predicted octanol–water partition coefficient (Wildman–Crippen LogP) is 3.75. The molecule has 45 heavy (non-hydrogen) atoms. The molecule has 2 fully saturated rings. The molecule has 0 radical (unpaired) electrons. The summed E-state index contributed by atoms with van der Waals surface area (Å²) in [4.78, 5) is 32.2. The minimum Gasteiger partial charge on any atom is -0.355 e. The Morgan fingerprint density at radius 1 is 1.09 bits per heavy atom. The SMILES string of the molecule is CC1(CNC(=O)Cc2ccccc2)COC(c2nc(-c3ccc(F)cc3)c(-c3ccnc(NCCCN4CCNC4)n3)[nH]2)OC1. The molecule has 4 heterocycles. The number of hydrogen-bond donors (Lipinski definition) is 4. The maximum absolute atomic E-state index is 13.8. The summed E-state index contributed by atoms with van der Waals surface area (Å²) in [7, 11) is 0. The molecule has 1 amide bonds. The Morgan fingerprint density at radius 3 is 2.64 bits per heavy atom. The van der Waals surface area contributed by atoms with Gasteiger partial charge in [0.1, 0.15) is 5.82 Å². The molecule has 236 valence electrons. The van der Waals surface area contributed by atoms with Crippen LogP contribution in [0.25, 0.3) is 22.6 Å². The van der Waals surface area contributed by atoms with Gasteiger partial charge in [0.25, 0.3) is 0 Å². The molecule has 0 atom stereocenters. The number of halogens is 1. The molecule has 2 saturated heterocycles. The van der Waals surface area contributed by atoms with Crippen LogP contribution in [-0.2, 0) is 20.7 Å². The van der Waals surface area contributed by atoms with Crippen molar-refractivity contribution in [3.63, 3.8) is 0 Å². The number of imidazole rings is 1. The van der Waals surface area contributed by atoms with Crippen molar-refractivity contribution < 1.29 is 18.7 Å². The van der Waals surface area contributed by atoms with E-state index in [1.54, 1.807) is 18.3 Å². The van der Waals surface area contributed by atoms with Crippen LogP contribution in [0.3, 0.4) is 0 Å². The minimum atomic E-state index is -0.745. The Hall–Kier alpha value is -4.23. The van der Waals surface area contributed by atoms with Gasteiger partial charge in [-0.1, -0.05) is 37.3 Å². The highest BCUT2D eigenvalue weighted by Crippen LogP contribution is 2.35. The van der Waals surface area contributed by atoms with Gasteiger partial charge in [0.05, 0.1) is 36.7 Å². The number of nitrogens with zero attached hydrogens (tertiary/aromatic N) is 4. The summed E-state index contributed by atoms with van der Waals surface area (Å²) in [6.45, 7) is 7.93. The molecular weight excluding hydrogens is 575 g/mol. The van der Waals surface area contributed by atoms with Crippen LogP contribution >= 0.6 is 0 Å². The molecule has 0 spiro atoms. The number of aromatic amines is 1. The van der Waals surface area contributed by atoms with E-state index >= 15 is 0 Å². The van der Waals surface area contributed by atoms with Crippen molar-refractivity contribution in [3.8, 4) is 22.6 Å². The van der Waals surface area contributed by atoms with Gasteiger partial charge in [-0.15, -0.1) is 0 Å². The van der Waals surface area contributed by atoms with E-state index in [0.717, 1.165) is 50.4 Å². The number of H-pyrrole nitrogens is 1. The highest BCUT2D eigenvalue weighted by atomic mass is 19.1. The molecule has 4 N–H and O–H groups in total. The average molecular weight is 615 g/mol.